The Morgan fingerprint density at radius 1 is 1.16 bits per heavy atom. The van der Waals surface area contributed by atoms with Gasteiger partial charge in [0.1, 0.15) is 0 Å². The van der Waals surface area contributed by atoms with Gasteiger partial charge in [-0.25, -0.2) is 22.7 Å². The molecule has 166 valence electrons. The van der Waals surface area contributed by atoms with Gasteiger partial charge in [0.05, 0.1) is 4.90 Å². The van der Waals surface area contributed by atoms with Gasteiger partial charge in [0.2, 0.25) is 0 Å². The number of amides is 1. The summed E-state index contributed by atoms with van der Waals surface area (Å²) in [6, 6.07) is 12.0. The van der Waals surface area contributed by atoms with Crippen LogP contribution < -0.4 is 5.48 Å². The lowest BCUT2D eigenvalue weighted by Gasteiger charge is -2.21. The molecule has 1 N–H and O–H groups in total. The van der Waals surface area contributed by atoms with E-state index in [0.717, 1.165) is 34.4 Å². The molecule has 8 nitrogen and oxygen atoms in total. The Kier molecular flexibility index (Phi) is 6.79. The standard InChI is InChI=1S/C23H23N3O5S/c27-22(25-31-23-5-1-2-15-30-23)11-6-18-12-14-26(17-18)32(28,29)21-9-7-19(8-10-21)20-4-3-13-24-16-20/h3-4,6-14,16-17,23H,1-2,5,15H2,(H,25,27). The Labute approximate surface area is 186 Å². The van der Waals surface area contributed by atoms with Gasteiger partial charge in [0, 0.05) is 43.9 Å². The van der Waals surface area contributed by atoms with Crippen molar-refractivity contribution in [1.29, 1.82) is 0 Å². The molecule has 0 radical (unpaired) electrons. The smallest absolute Gasteiger partial charge is 0.267 e. The summed E-state index contributed by atoms with van der Waals surface area (Å²) >= 11 is 0. The van der Waals surface area contributed by atoms with E-state index in [9.17, 15) is 13.2 Å². The SMILES string of the molecule is O=C(C=Cc1ccn(S(=O)(=O)c2ccc(-c3cccnc3)cc2)c1)NOC1CCCCO1. The van der Waals surface area contributed by atoms with Crippen LogP contribution >= 0.6 is 0 Å². The van der Waals surface area contributed by atoms with E-state index in [1.807, 2.05) is 12.1 Å². The third kappa shape index (κ3) is 5.31. The summed E-state index contributed by atoms with van der Waals surface area (Å²) in [5.74, 6) is -0.458. The molecule has 1 fully saturated rings. The molecule has 2 aromatic heterocycles. The van der Waals surface area contributed by atoms with Crippen molar-refractivity contribution in [3.8, 4) is 11.1 Å². The number of ether oxygens (including phenoxy) is 1. The summed E-state index contributed by atoms with van der Waals surface area (Å²) in [5, 5.41) is 0. The first-order valence-corrected chi connectivity index (χ1v) is 11.7. The van der Waals surface area contributed by atoms with Crippen molar-refractivity contribution in [1.82, 2.24) is 14.4 Å². The highest BCUT2D eigenvalue weighted by Crippen LogP contribution is 2.22. The molecule has 1 saturated heterocycles. The molecule has 0 saturated carbocycles. The van der Waals surface area contributed by atoms with Crippen LogP contribution in [0, 0.1) is 0 Å². The number of carbonyl (C=O) groups excluding carboxylic acids is 1. The van der Waals surface area contributed by atoms with Gasteiger partial charge in [0.15, 0.2) is 6.29 Å². The van der Waals surface area contributed by atoms with Crippen molar-refractivity contribution in [2.75, 3.05) is 6.61 Å². The van der Waals surface area contributed by atoms with E-state index >= 15 is 0 Å². The Morgan fingerprint density at radius 2 is 2.00 bits per heavy atom. The summed E-state index contributed by atoms with van der Waals surface area (Å²) in [7, 11) is -3.76. The van der Waals surface area contributed by atoms with Crippen molar-refractivity contribution in [3.05, 3.63) is 78.9 Å². The van der Waals surface area contributed by atoms with Crippen LogP contribution in [0.1, 0.15) is 24.8 Å². The molecule has 3 heterocycles. The van der Waals surface area contributed by atoms with Crippen molar-refractivity contribution in [2.45, 2.75) is 30.4 Å². The molecule has 3 aromatic rings. The zero-order valence-electron chi connectivity index (χ0n) is 17.3. The third-order valence-corrected chi connectivity index (χ3v) is 6.62. The molecular formula is C23H23N3O5S. The normalized spacial score (nSPS) is 16.8. The van der Waals surface area contributed by atoms with Crippen molar-refractivity contribution >= 4 is 22.0 Å². The summed E-state index contributed by atoms with van der Waals surface area (Å²) in [6.45, 7) is 0.616. The molecule has 1 aliphatic heterocycles. The first kappa shape index (κ1) is 21.9. The van der Waals surface area contributed by atoms with Gasteiger partial charge < -0.3 is 4.74 Å². The van der Waals surface area contributed by atoms with Crippen LogP contribution in [0.25, 0.3) is 17.2 Å². The zero-order valence-corrected chi connectivity index (χ0v) is 18.1. The molecule has 1 unspecified atom stereocenters. The quantitative estimate of drug-likeness (QED) is 0.435. The number of nitrogens with zero attached hydrogens (tertiary/aromatic N) is 2. The number of hydrogen-bond acceptors (Lipinski definition) is 6. The van der Waals surface area contributed by atoms with E-state index < -0.39 is 22.2 Å². The molecule has 1 amide bonds. The highest BCUT2D eigenvalue weighted by atomic mass is 32.2. The molecule has 0 spiro atoms. The number of nitrogens with one attached hydrogen (secondary N) is 1. The van der Waals surface area contributed by atoms with Gasteiger partial charge in [-0.1, -0.05) is 18.2 Å². The first-order valence-electron chi connectivity index (χ1n) is 10.2. The molecule has 0 bridgehead atoms. The number of hydroxylamine groups is 1. The highest BCUT2D eigenvalue weighted by molar-refractivity contribution is 7.90. The lowest BCUT2D eigenvalue weighted by Crippen LogP contribution is -2.32. The van der Waals surface area contributed by atoms with Crippen molar-refractivity contribution in [2.24, 2.45) is 0 Å². The second kappa shape index (κ2) is 9.90. The van der Waals surface area contributed by atoms with Gasteiger partial charge >= 0.3 is 0 Å². The highest BCUT2D eigenvalue weighted by Gasteiger charge is 2.17. The van der Waals surface area contributed by atoms with Gasteiger partial charge in [-0.2, -0.15) is 0 Å². The molecule has 9 heteroatoms. The van der Waals surface area contributed by atoms with E-state index in [4.69, 9.17) is 9.57 Å². The van der Waals surface area contributed by atoms with E-state index in [1.54, 1.807) is 42.7 Å². The third-order valence-electron chi connectivity index (χ3n) is 4.97. The topological polar surface area (TPSA) is 99.5 Å². The van der Waals surface area contributed by atoms with Gasteiger partial charge in [0.25, 0.3) is 15.9 Å². The van der Waals surface area contributed by atoms with Crippen molar-refractivity contribution < 1.29 is 22.8 Å². The summed E-state index contributed by atoms with van der Waals surface area (Å²) in [5.41, 5.74) is 4.66. The lowest BCUT2D eigenvalue weighted by molar-refractivity contribution is -0.198. The number of pyridine rings is 1. The van der Waals surface area contributed by atoms with Crippen LogP contribution in [-0.2, 0) is 24.4 Å². The number of carbonyl (C=O) groups is 1. The Hall–Kier alpha value is -3.27. The van der Waals surface area contributed by atoms with Crippen LogP contribution in [0.5, 0.6) is 0 Å². The van der Waals surface area contributed by atoms with Crippen LogP contribution in [-0.4, -0.2) is 36.2 Å². The lowest BCUT2D eigenvalue weighted by atomic mass is 10.1. The maximum absolute atomic E-state index is 12.9. The molecule has 1 aliphatic rings. The predicted molar refractivity (Wildman–Crippen MR) is 119 cm³/mol. The fraction of sp³-hybridized carbons (Fsp3) is 0.217. The number of benzene rings is 1. The van der Waals surface area contributed by atoms with E-state index in [1.165, 1.54) is 24.5 Å². The Morgan fingerprint density at radius 3 is 2.72 bits per heavy atom. The maximum atomic E-state index is 12.9. The van der Waals surface area contributed by atoms with Crippen molar-refractivity contribution in [3.63, 3.8) is 0 Å². The number of hydrogen-bond donors (Lipinski definition) is 1. The fourth-order valence-electron chi connectivity index (χ4n) is 3.25. The van der Waals surface area contributed by atoms with Crippen LogP contribution in [0.15, 0.2) is 78.2 Å². The largest absolute Gasteiger partial charge is 0.350 e. The van der Waals surface area contributed by atoms with Crippen LogP contribution in [0.3, 0.4) is 0 Å². The summed E-state index contributed by atoms with van der Waals surface area (Å²) in [6.07, 6.45) is 11.3. The minimum atomic E-state index is -3.76. The zero-order chi connectivity index (χ0) is 22.4. The molecule has 4 rings (SSSR count). The Bertz CT molecular complexity index is 1180. The van der Waals surface area contributed by atoms with E-state index in [-0.39, 0.29) is 4.90 Å². The second-order valence-corrected chi connectivity index (χ2v) is 9.10. The molecule has 1 atom stereocenters. The predicted octanol–water partition coefficient (Wildman–Crippen LogP) is 3.37. The van der Waals surface area contributed by atoms with Gasteiger partial charge in [-0.05, 0) is 59.9 Å². The number of aromatic nitrogens is 2. The number of rotatable bonds is 7. The summed E-state index contributed by atoms with van der Waals surface area (Å²) in [4.78, 5) is 21.4. The molecular weight excluding hydrogens is 430 g/mol. The minimum Gasteiger partial charge on any atom is -0.350 e. The maximum Gasteiger partial charge on any atom is 0.267 e. The minimum absolute atomic E-state index is 0.162. The summed E-state index contributed by atoms with van der Waals surface area (Å²) < 4.78 is 32.3. The van der Waals surface area contributed by atoms with Gasteiger partial charge in [-0.15, -0.1) is 0 Å². The first-order chi connectivity index (χ1) is 15.5. The van der Waals surface area contributed by atoms with Gasteiger partial charge in [-0.3, -0.25) is 9.78 Å². The van der Waals surface area contributed by atoms with E-state index in [2.05, 4.69) is 10.5 Å². The molecule has 32 heavy (non-hydrogen) atoms. The van der Waals surface area contributed by atoms with Crippen LogP contribution in [0.2, 0.25) is 0 Å². The Balaban J connectivity index is 1.39. The monoisotopic (exact) mass is 453 g/mol. The average Bonchev–Trinajstić information content (AvgIpc) is 3.33. The molecule has 0 aliphatic carbocycles. The molecule has 1 aromatic carbocycles. The van der Waals surface area contributed by atoms with Crippen LogP contribution in [0.4, 0.5) is 0 Å². The average molecular weight is 454 g/mol. The van der Waals surface area contributed by atoms with E-state index in [0.29, 0.717) is 12.2 Å². The second-order valence-electron chi connectivity index (χ2n) is 7.26. The fourth-order valence-corrected chi connectivity index (χ4v) is 4.45.